The number of ketones is 1. The third-order valence-electron chi connectivity index (χ3n) is 2.31. The Labute approximate surface area is 89.3 Å². The van der Waals surface area contributed by atoms with Crippen LogP contribution in [0, 0.1) is 11.3 Å². The van der Waals surface area contributed by atoms with Crippen molar-refractivity contribution < 1.29 is 9.53 Å². The zero-order valence-corrected chi connectivity index (χ0v) is 9.13. The fraction of sp³-hybridized carbons (Fsp3) is 0.333. The number of carbonyl (C=O) groups is 1. The molecule has 0 aliphatic carbocycles. The summed E-state index contributed by atoms with van der Waals surface area (Å²) in [6, 6.07) is 5.42. The van der Waals surface area contributed by atoms with E-state index < -0.39 is 0 Å². The van der Waals surface area contributed by atoms with E-state index >= 15 is 0 Å². The van der Waals surface area contributed by atoms with E-state index in [9.17, 15) is 4.79 Å². The SMILES string of the molecule is CCc1c(C#N)cc(OC)cc1C(C)=O. The van der Waals surface area contributed by atoms with Gasteiger partial charge in [0.25, 0.3) is 0 Å². The van der Waals surface area contributed by atoms with Crippen LogP contribution in [0.1, 0.15) is 35.3 Å². The molecule has 0 saturated heterocycles. The van der Waals surface area contributed by atoms with Gasteiger partial charge in [-0.15, -0.1) is 0 Å². The molecule has 0 heterocycles. The highest BCUT2D eigenvalue weighted by Crippen LogP contribution is 2.23. The first-order valence-electron chi connectivity index (χ1n) is 4.76. The molecule has 0 amide bonds. The van der Waals surface area contributed by atoms with Crippen LogP contribution in [0.15, 0.2) is 12.1 Å². The monoisotopic (exact) mass is 203 g/mol. The minimum absolute atomic E-state index is 0.0396. The molecule has 0 atom stereocenters. The van der Waals surface area contributed by atoms with E-state index in [-0.39, 0.29) is 5.78 Å². The molecule has 0 spiro atoms. The van der Waals surface area contributed by atoms with Crippen molar-refractivity contribution in [2.75, 3.05) is 7.11 Å². The number of hydrogen-bond acceptors (Lipinski definition) is 3. The molecule has 0 N–H and O–H groups in total. The van der Waals surface area contributed by atoms with Gasteiger partial charge < -0.3 is 4.74 Å². The summed E-state index contributed by atoms with van der Waals surface area (Å²) in [6.45, 7) is 3.42. The Morgan fingerprint density at radius 1 is 1.53 bits per heavy atom. The van der Waals surface area contributed by atoms with Crippen LogP contribution in [0.4, 0.5) is 0 Å². The van der Waals surface area contributed by atoms with Gasteiger partial charge in [-0.05, 0) is 31.0 Å². The molecular weight excluding hydrogens is 190 g/mol. The molecule has 0 aliphatic rings. The summed E-state index contributed by atoms with van der Waals surface area (Å²) in [7, 11) is 1.52. The summed E-state index contributed by atoms with van der Waals surface area (Å²) >= 11 is 0. The molecule has 0 bridgehead atoms. The van der Waals surface area contributed by atoms with Gasteiger partial charge in [-0.3, -0.25) is 4.79 Å². The maximum atomic E-state index is 11.4. The lowest BCUT2D eigenvalue weighted by atomic mass is 9.96. The molecule has 0 saturated carbocycles. The number of nitriles is 1. The molecule has 3 heteroatoms. The molecule has 0 fully saturated rings. The third kappa shape index (κ3) is 2.16. The second kappa shape index (κ2) is 4.61. The molecule has 15 heavy (non-hydrogen) atoms. The summed E-state index contributed by atoms with van der Waals surface area (Å²) in [6.07, 6.45) is 0.668. The zero-order chi connectivity index (χ0) is 11.4. The first-order chi connectivity index (χ1) is 7.13. The van der Waals surface area contributed by atoms with Crippen LogP contribution >= 0.6 is 0 Å². The number of nitrogens with zero attached hydrogens (tertiary/aromatic N) is 1. The van der Waals surface area contributed by atoms with Crippen molar-refractivity contribution in [3.05, 3.63) is 28.8 Å². The van der Waals surface area contributed by atoms with E-state index in [1.807, 2.05) is 6.92 Å². The lowest BCUT2D eigenvalue weighted by Gasteiger charge is -2.09. The van der Waals surface area contributed by atoms with Crippen molar-refractivity contribution in [2.24, 2.45) is 0 Å². The van der Waals surface area contributed by atoms with Gasteiger partial charge >= 0.3 is 0 Å². The van der Waals surface area contributed by atoms with Crippen LogP contribution < -0.4 is 4.74 Å². The van der Waals surface area contributed by atoms with Crippen LogP contribution in [-0.2, 0) is 6.42 Å². The summed E-state index contributed by atoms with van der Waals surface area (Å²) in [5.41, 5.74) is 1.89. The van der Waals surface area contributed by atoms with Crippen molar-refractivity contribution in [3.8, 4) is 11.8 Å². The lowest BCUT2D eigenvalue weighted by Crippen LogP contribution is -2.02. The number of carbonyl (C=O) groups excluding carboxylic acids is 1. The fourth-order valence-corrected chi connectivity index (χ4v) is 1.56. The van der Waals surface area contributed by atoms with E-state index in [1.165, 1.54) is 14.0 Å². The predicted molar refractivity (Wildman–Crippen MR) is 57.1 cm³/mol. The number of Topliss-reactive ketones (excluding diaryl/α,β-unsaturated/α-hetero) is 1. The van der Waals surface area contributed by atoms with Crippen LogP contribution in [0.2, 0.25) is 0 Å². The minimum atomic E-state index is -0.0396. The standard InChI is InChI=1S/C12H13NO2/c1-4-11-9(7-13)5-10(15-3)6-12(11)8(2)14/h5-6H,4H2,1-3H3. The number of methoxy groups -OCH3 is 1. The van der Waals surface area contributed by atoms with Crippen molar-refractivity contribution in [2.45, 2.75) is 20.3 Å². The topological polar surface area (TPSA) is 50.1 Å². The maximum absolute atomic E-state index is 11.4. The molecule has 1 aromatic rings. The summed E-state index contributed by atoms with van der Waals surface area (Å²) in [5.74, 6) is 0.510. The van der Waals surface area contributed by atoms with Gasteiger partial charge in [-0.1, -0.05) is 6.92 Å². The lowest BCUT2D eigenvalue weighted by molar-refractivity contribution is 0.101. The quantitative estimate of drug-likeness (QED) is 0.708. The predicted octanol–water partition coefficient (Wildman–Crippen LogP) is 2.33. The van der Waals surface area contributed by atoms with Gasteiger partial charge in [0.05, 0.1) is 18.7 Å². The van der Waals surface area contributed by atoms with E-state index in [0.717, 1.165) is 5.56 Å². The number of hydrogen-bond donors (Lipinski definition) is 0. The number of rotatable bonds is 3. The third-order valence-corrected chi connectivity index (χ3v) is 2.31. The molecule has 1 rings (SSSR count). The second-order valence-electron chi connectivity index (χ2n) is 3.22. The highest BCUT2D eigenvalue weighted by atomic mass is 16.5. The van der Waals surface area contributed by atoms with Crippen molar-refractivity contribution >= 4 is 5.78 Å². The van der Waals surface area contributed by atoms with Gasteiger partial charge in [0, 0.05) is 5.56 Å². The highest BCUT2D eigenvalue weighted by molar-refractivity contribution is 5.96. The summed E-state index contributed by atoms with van der Waals surface area (Å²) < 4.78 is 5.04. The van der Waals surface area contributed by atoms with Gasteiger partial charge in [-0.25, -0.2) is 0 Å². The Bertz CT molecular complexity index is 430. The largest absolute Gasteiger partial charge is 0.497 e. The van der Waals surface area contributed by atoms with E-state index in [0.29, 0.717) is 23.3 Å². The Kier molecular flexibility index (Phi) is 3.46. The van der Waals surface area contributed by atoms with Gasteiger partial charge in [-0.2, -0.15) is 5.26 Å². The van der Waals surface area contributed by atoms with Crippen LogP contribution in [-0.4, -0.2) is 12.9 Å². The number of ether oxygens (including phenoxy) is 1. The van der Waals surface area contributed by atoms with Gasteiger partial charge in [0.15, 0.2) is 5.78 Å². The molecule has 0 unspecified atom stereocenters. The average Bonchev–Trinajstić information content (AvgIpc) is 2.26. The normalized spacial score (nSPS) is 9.47. The zero-order valence-electron chi connectivity index (χ0n) is 9.13. The van der Waals surface area contributed by atoms with Crippen LogP contribution in [0.5, 0.6) is 5.75 Å². The van der Waals surface area contributed by atoms with Crippen molar-refractivity contribution in [1.82, 2.24) is 0 Å². The molecule has 1 aromatic carbocycles. The minimum Gasteiger partial charge on any atom is -0.497 e. The second-order valence-corrected chi connectivity index (χ2v) is 3.22. The van der Waals surface area contributed by atoms with Gasteiger partial charge in [0.2, 0.25) is 0 Å². The van der Waals surface area contributed by atoms with E-state index in [4.69, 9.17) is 10.00 Å². The molecule has 0 aromatic heterocycles. The van der Waals surface area contributed by atoms with Gasteiger partial charge in [0.1, 0.15) is 5.75 Å². The smallest absolute Gasteiger partial charge is 0.160 e. The first-order valence-corrected chi connectivity index (χ1v) is 4.76. The van der Waals surface area contributed by atoms with Crippen LogP contribution in [0.25, 0.3) is 0 Å². The fourth-order valence-electron chi connectivity index (χ4n) is 1.56. The Morgan fingerprint density at radius 2 is 2.20 bits per heavy atom. The van der Waals surface area contributed by atoms with E-state index in [2.05, 4.69) is 6.07 Å². The Morgan fingerprint density at radius 3 is 2.60 bits per heavy atom. The Hall–Kier alpha value is -1.82. The van der Waals surface area contributed by atoms with Crippen molar-refractivity contribution in [3.63, 3.8) is 0 Å². The molecule has 0 radical (unpaired) electrons. The average molecular weight is 203 g/mol. The Balaban J connectivity index is 3.48. The molecular formula is C12H13NO2. The molecule has 78 valence electrons. The molecule has 0 aliphatic heterocycles. The summed E-state index contributed by atoms with van der Waals surface area (Å²) in [5, 5.41) is 8.96. The molecule has 3 nitrogen and oxygen atoms in total. The van der Waals surface area contributed by atoms with Crippen molar-refractivity contribution in [1.29, 1.82) is 5.26 Å². The highest BCUT2D eigenvalue weighted by Gasteiger charge is 2.12. The summed E-state index contributed by atoms with van der Waals surface area (Å²) in [4.78, 5) is 11.4. The maximum Gasteiger partial charge on any atom is 0.160 e. The number of benzene rings is 1. The van der Waals surface area contributed by atoms with E-state index in [1.54, 1.807) is 12.1 Å². The first kappa shape index (κ1) is 11.3. The van der Waals surface area contributed by atoms with Crippen LogP contribution in [0.3, 0.4) is 0 Å².